The van der Waals surface area contributed by atoms with E-state index in [0.717, 1.165) is 10.2 Å². The lowest BCUT2D eigenvalue weighted by molar-refractivity contribution is -0.126. The van der Waals surface area contributed by atoms with Crippen LogP contribution in [0.2, 0.25) is 6.04 Å². The van der Waals surface area contributed by atoms with Crippen LogP contribution in [-0.4, -0.2) is 26.2 Å². The summed E-state index contributed by atoms with van der Waals surface area (Å²) in [5.74, 6) is -1.40. The van der Waals surface area contributed by atoms with Crippen molar-refractivity contribution in [1.29, 1.82) is 0 Å². The minimum Gasteiger partial charge on any atom is -0.366 e. The van der Waals surface area contributed by atoms with E-state index in [9.17, 15) is 0 Å². The van der Waals surface area contributed by atoms with Crippen molar-refractivity contribution < 1.29 is 10.2 Å². The van der Waals surface area contributed by atoms with Crippen LogP contribution in [-0.2, 0) is 0 Å². The van der Waals surface area contributed by atoms with Crippen molar-refractivity contribution in [1.82, 2.24) is 0 Å². The summed E-state index contributed by atoms with van der Waals surface area (Å²) in [5.41, 5.74) is 0. The highest BCUT2D eigenvalue weighted by Crippen LogP contribution is 1.98. The van der Waals surface area contributed by atoms with Crippen molar-refractivity contribution in [2.45, 2.75) is 18.8 Å². The van der Waals surface area contributed by atoms with E-state index in [1.807, 2.05) is 0 Å². The molecule has 3 heteroatoms. The lowest BCUT2D eigenvalue weighted by Crippen LogP contribution is -2.21. The van der Waals surface area contributed by atoms with E-state index in [1.165, 1.54) is 6.92 Å². The van der Waals surface area contributed by atoms with Crippen molar-refractivity contribution in [2.24, 2.45) is 0 Å². The van der Waals surface area contributed by atoms with Gasteiger partial charge in [-0.25, -0.2) is 0 Å². The smallest absolute Gasteiger partial charge is 0.156 e. The van der Waals surface area contributed by atoms with Gasteiger partial charge in [0.25, 0.3) is 0 Å². The first kappa shape index (κ1) is 6.14. The third kappa shape index (κ3) is 4.14. The molecule has 2 nitrogen and oxygen atoms in total. The Morgan fingerprint density at radius 1 is 1.67 bits per heavy atom. The number of rotatable bonds is 1. The topological polar surface area (TPSA) is 40.5 Å². The molecule has 0 aliphatic rings. The molecule has 0 heterocycles. The average molecular weight is 106 g/mol. The highest BCUT2D eigenvalue weighted by molar-refractivity contribution is 6.09. The third-order valence-corrected chi connectivity index (χ3v) is 2.01. The second-order valence-electron chi connectivity index (χ2n) is 1.57. The minimum absolute atomic E-state index is 0.521. The van der Waals surface area contributed by atoms with Crippen LogP contribution in [0.3, 0.4) is 0 Å². The van der Waals surface area contributed by atoms with Gasteiger partial charge in [-0.3, -0.25) is 0 Å². The fourth-order valence-electron chi connectivity index (χ4n) is 0. The SMILES string of the molecule is CC(O)(O)C[SiH3]. The Bertz CT molecular complexity index is 38.5. The molecule has 0 aromatic rings. The van der Waals surface area contributed by atoms with E-state index < -0.39 is 5.79 Å². The van der Waals surface area contributed by atoms with Crippen molar-refractivity contribution >= 4 is 10.2 Å². The summed E-state index contributed by atoms with van der Waals surface area (Å²) in [6.07, 6.45) is 0. The Kier molecular flexibility index (Phi) is 1.77. The fraction of sp³-hybridized carbons (Fsp3) is 1.00. The Balaban J connectivity index is 3.17. The van der Waals surface area contributed by atoms with Crippen LogP contribution in [0.4, 0.5) is 0 Å². The van der Waals surface area contributed by atoms with Crippen LogP contribution in [0.25, 0.3) is 0 Å². The van der Waals surface area contributed by atoms with Crippen LogP contribution >= 0.6 is 0 Å². The molecule has 0 amide bonds. The Morgan fingerprint density at radius 2 is 1.83 bits per heavy atom. The van der Waals surface area contributed by atoms with Crippen LogP contribution in [0.5, 0.6) is 0 Å². The van der Waals surface area contributed by atoms with Gasteiger partial charge in [0, 0.05) is 10.2 Å². The van der Waals surface area contributed by atoms with E-state index in [-0.39, 0.29) is 0 Å². The van der Waals surface area contributed by atoms with E-state index >= 15 is 0 Å². The quantitative estimate of drug-likeness (QED) is 0.314. The van der Waals surface area contributed by atoms with Crippen LogP contribution < -0.4 is 0 Å². The van der Waals surface area contributed by atoms with E-state index in [4.69, 9.17) is 10.2 Å². The maximum Gasteiger partial charge on any atom is 0.156 e. The second-order valence-corrected chi connectivity index (χ2v) is 2.28. The number of hydrogen-bond donors (Lipinski definition) is 2. The standard InChI is InChI=1S/C3H10O2Si/c1-3(4,5)2-6/h4-5H,2H2,1,6H3. The minimum atomic E-state index is -1.40. The van der Waals surface area contributed by atoms with E-state index in [0.29, 0.717) is 6.04 Å². The zero-order valence-electron chi connectivity index (χ0n) is 4.10. The van der Waals surface area contributed by atoms with Crippen LogP contribution in [0.1, 0.15) is 6.92 Å². The highest BCUT2D eigenvalue weighted by atomic mass is 28.1. The van der Waals surface area contributed by atoms with Gasteiger partial charge >= 0.3 is 0 Å². The average Bonchev–Trinajstić information content (AvgIpc) is 1.35. The Labute approximate surface area is 40.2 Å². The molecule has 2 N–H and O–H groups in total. The molecule has 0 unspecified atom stereocenters. The first-order valence-electron chi connectivity index (χ1n) is 2.01. The van der Waals surface area contributed by atoms with Gasteiger partial charge in [0.2, 0.25) is 0 Å². The summed E-state index contributed by atoms with van der Waals surface area (Å²) >= 11 is 0. The summed E-state index contributed by atoms with van der Waals surface area (Å²) in [4.78, 5) is 0. The predicted octanol–water partition coefficient (Wildman–Crippen LogP) is -1.53. The summed E-state index contributed by atoms with van der Waals surface area (Å²) in [6, 6.07) is 0.521. The summed E-state index contributed by atoms with van der Waals surface area (Å²) in [6.45, 7) is 1.39. The molecule has 0 spiro atoms. The van der Waals surface area contributed by atoms with Crippen molar-refractivity contribution in [3.8, 4) is 0 Å². The van der Waals surface area contributed by atoms with Crippen molar-refractivity contribution in [3.63, 3.8) is 0 Å². The zero-order valence-corrected chi connectivity index (χ0v) is 6.10. The Morgan fingerprint density at radius 3 is 1.83 bits per heavy atom. The van der Waals surface area contributed by atoms with Gasteiger partial charge in [-0.05, 0) is 13.0 Å². The number of aliphatic hydroxyl groups is 2. The van der Waals surface area contributed by atoms with Crippen molar-refractivity contribution in [3.05, 3.63) is 0 Å². The molecular formula is C3H10O2Si. The number of hydrogen-bond acceptors (Lipinski definition) is 2. The van der Waals surface area contributed by atoms with Crippen LogP contribution in [0.15, 0.2) is 0 Å². The maximum absolute atomic E-state index is 8.42. The lowest BCUT2D eigenvalue weighted by atomic mass is 10.4. The molecule has 0 saturated carbocycles. The molecule has 0 bridgehead atoms. The molecule has 0 radical (unpaired) electrons. The van der Waals surface area contributed by atoms with E-state index in [2.05, 4.69) is 0 Å². The maximum atomic E-state index is 8.42. The molecule has 38 valence electrons. The largest absolute Gasteiger partial charge is 0.366 e. The molecule has 0 aliphatic carbocycles. The monoisotopic (exact) mass is 106 g/mol. The van der Waals surface area contributed by atoms with Gasteiger partial charge in [-0.15, -0.1) is 0 Å². The second kappa shape index (κ2) is 1.73. The van der Waals surface area contributed by atoms with Gasteiger partial charge in [0.15, 0.2) is 5.79 Å². The summed E-state index contributed by atoms with van der Waals surface area (Å²) in [5, 5.41) is 16.8. The molecule has 0 rings (SSSR count). The molecule has 6 heavy (non-hydrogen) atoms. The summed E-state index contributed by atoms with van der Waals surface area (Å²) < 4.78 is 0. The summed E-state index contributed by atoms with van der Waals surface area (Å²) in [7, 11) is 0.848. The van der Waals surface area contributed by atoms with Gasteiger partial charge in [0.05, 0.1) is 0 Å². The third-order valence-electron chi connectivity index (χ3n) is 0.670. The molecule has 0 saturated heterocycles. The zero-order chi connectivity index (χ0) is 5.21. The fourth-order valence-corrected chi connectivity index (χ4v) is 0. The molecule has 0 aromatic carbocycles. The molecule has 0 fully saturated rings. The molecular weight excluding hydrogens is 96.1 g/mol. The van der Waals surface area contributed by atoms with Gasteiger partial charge in [-0.2, -0.15) is 0 Å². The first-order valence-corrected chi connectivity index (χ1v) is 3.42. The van der Waals surface area contributed by atoms with Gasteiger partial charge in [-0.1, -0.05) is 0 Å². The van der Waals surface area contributed by atoms with Crippen LogP contribution in [0, 0.1) is 0 Å². The van der Waals surface area contributed by atoms with Gasteiger partial charge in [0.1, 0.15) is 0 Å². The predicted molar refractivity (Wildman–Crippen MR) is 27.6 cm³/mol. The first-order chi connectivity index (χ1) is 2.56. The van der Waals surface area contributed by atoms with Crippen molar-refractivity contribution in [2.75, 3.05) is 0 Å². The normalized spacial score (nSPS) is 12.5. The molecule has 0 aromatic heterocycles. The molecule has 0 aliphatic heterocycles. The highest BCUT2D eigenvalue weighted by Gasteiger charge is 2.08. The Hall–Kier alpha value is 0.137. The lowest BCUT2D eigenvalue weighted by Gasteiger charge is -2.10. The molecule has 0 atom stereocenters. The van der Waals surface area contributed by atoms with E-state index in [1.54, 1.807) is 0 Å². The van der Waals surface area contributed by atoms with Gasteiger partial charge < -0.3 is 10.2 Å².